The second-order valence-electron chi connectivity index (χ2n) is 5.41. The maximum Gasteiger partial charge on any atom is 0.184 e. The van der Waals surface area contributed by atoms with Crippen molar-refractivity contribution in [2.24, 2.45) is 5.92 Å². The molecule has 1 aromatic heterocycles. The third kappa shape index (κ3) is 2.86. The first kappa shape index (κ1) is 13.2. The summed E-state index contributed by atoms with van der Waals surface area (Å²) in [6.45, 7) is 4.60. The number of likely N-dealkylation sites (tertiary alicyclic amines) is 1. The standard InChI is InChI=1S/C14H18ClN3S/c1-9-8-18(2)6-5-11(9)16-14-17-12-7-10(15)3-4-13(12)19-14/h3-4,7,9,11H,5-6,8H2,1-2H3,(H,16,17). The van der Waals surface area contributed by atoms with E-state index in [0.717, 1.165) is 28.8 Å². The van der Waals surface area contributed by atoms with E-state index in [2.05, 4.69) is 29.2 Å². The largest absolute Gasteiger partial charge is 0.358 e. The van der Waals surface area contributed by atoms with Crippen LogP contribution in [0.3, 0.4) is 0 Å². The van der Waals surface area contributed by atoms with E-state index >= 15 is 0 Å². The molecule has 5 heteroatoms. The molecule has 3 rings (SSSR count). The van der Waals surface area contributed by atoms with Gasteiger partial charge in [0.1, 0.15) is 0 Å². The van der Waals surface area contributed by atoms with Gasteiger partial charge >= 0.3 is 0 Å². The first-order valence-electron chi connectivity index (χ1n) is 6.63. The minimum absolute atomic E-state index is 0.521. The quantitative estimate of drug-likeness (QED) is 0.915. The lowest BCUT2D eigenvalue weighted by Crippen LogP contribution is -2.43. The summed E-state index contributed by atoms with van der Waals surface area (Å²) in [5.41, 5.74) is 0.987. The van der Waals surface area contributed by atoms with Crippen LogP contribution in [0.1, 0.15) is 13.3 Å². The van der Waals surface area contributed by atoms with Gasteiger partial charge < -0.3 is 10.2 Å². The van der Waals surface area contributed by atoms with Gasteiger partial charge in [-0.2, -0.15) is 0 Å². The zero-order valence-electron chi connectivity index (χ0n) is 11.2. The molecule has 1 aliphatic rings. The molecule has 0 bridgehead atoms. The van der Waals surface area contributed by atoms with E-state index in [4.69, 9.17) is 11.6 Å². The Kier molecular flexibility index (Phi) is 3.65. The topological polar surface area (TPSA) is 28.2 Å². The lowest BCUT2D eigenvalue weighted by atomic mass is 9.94. The summed E-state index contributed by atoms with van der Waals surface area (Å²) < 4.78 is 1.19. The zero-order valence-corrected chi connectivity index (χ0v) is 12.8. The molecule has 1 aliphatic heterocycles. The van der Waals surface area contributed by atoms with E-state index < -0.39 is 0 Å². The van der Waals surface area contributed by atoms with Crippen molar-refractivity contribution in [3.63, 3.8) is 0 Å². The molecule has 0 saturated carbocycles. The Morgan fingerprint density at radius 1 is 1.47 bits per heavy atom. The van der Waals surface area contributed by atoms with Gasteiger partial charge in [-0.05, 0) is 44.1 Å². The van der Waals surface area contributed by atoms with E-state index in [1.165, 1.54) is 11.1 Å². The second kappa shape index (κ2) is 5.27. The van der Waals surface area contributed by atoms with E-state index in [1.807, 2.05) is 18.2 Å². The van der Waals surface area contributed by atoms with Gasteiger partial charge in [0.15, 0.2) is 5.13 Å². The fourth-order valence-corrected chi connectivity index (χ4v) is 3.76. The Labute approximate surface area is 122 Å². The highest BCUT2D eigenvalue weighted by Gasteiger charge is 2.24. The van der Waals surface area contributed by atoms with Crippen LogP contribution in [0.5, 0.6) is 0 Å². The molecule has 1 fully saturated rings. The Balaban J connectivity index is 1.77. The van der Waals surface area contributed by atoms with Gasteiger partial charge in [0, 0.05) is 17.6 Å². The van der Waals surface area contributed by atoms with Crippen LogP contribution in [0.25, 0.3) is 10.2 Å². The van der Waals surface area contributed by atoms with Crippen molar-refractivity contribution in [2.75, 3.05) is 25.5 Å². The fourth-order valence-electron chi connectivity index (χ4n) is 2.69. The number of hydrogen-bond acceptors (Lipinski definition) is 4. The van der Waals surface area contributed by atoms with Crippen molar-refractivity contribution in [3.8, 4) is 0 Å². The van der Waals surface area contributed by atoms with Crippen molar-refractivity contribution < 1.29 is 0 Å². The Hall–Kier alpha value is -0.840. The second-order valence-corrected chi connectivity index (χ2v) is 6.88. The summed E-state index contributed by atoms with van der Waals surface area (Å²) in [6, 6.07) is 6.41. The van der Waals surface area contributed by atoms with Crippen LogP contribution < -0.4 is 5.32 Å². The van der Waals surface area contributed by atoms with E-state index in [0.29, 0.717) is 12.0 Å². The van der Waals surface area contributed by atoms with Gasteiger partial charge in [-0.15, -0.1) is 0 Å². The molecular formula is C14H18ClN3S. The van der Waals surface area contributed by atoms with Crippen LogP contribution in [0, 0.1) is 5.92 Å². The molecule has 2 aromatic rings. The number of nitrogens with one attached hydrogen (secondary N) is 1. The maximum atomic E-state index is 6.00. The monoisotopic (exact) mass is 295 g/mol. The SMILES string of the molecule is CC1CN(C)CCC1Nc1nc2cc(Cl)ccc2s1. The van der Waals surface area contributed by atoms with Crippen LogP contribution in [-0.2, 0) is 0 Å². The molecule has 0 aliphatic carbocycles. The number of hydrogen-bond donors (Lipinski definition) is 1. The number of fused-ring (bicyclic) bond motifs is 1. The number of benzene rings is 1. The summed E-state index contributed by atoms with van der Waals surface area (Å²) in [5.74, 6) is 0.648. The minimum atomic E-state index is 0.521. The summed E-state index contributed by atoms with van der Waals surface area (Å²) in [4.78, 5) is 7.02. The highest BCUT2D eigenvalue weighted by Crippen LogP contribution is 2.30. The average Bonchev–Trinajstić information content (AvgIpc) is 2.74. The number of thiazole rings is 1. The van der Waals surface area contributed by atoms with Crippen molar-refractivity contribution in [1.82, 2.24) is 9.88 Å². The van der Waals surface area contributed by atoms with Gasteiger partial charge in [0.25, 0.3) is 0 Å². The molecule has 2 heterocycles. The Morgan fingerprint density at radius 2 is 2.32 bits per heavy atom. The molecule has 0 spiro atoms. The fraction of sp³-hybridized carbons (Fsp3) is 0.500. The summed E-state index contributed by atoms with van der Waals surface area (Å²) in [5, 5.41) is 5.36. The predicted molar refractivity (Wildman–Crippen MR) is 83.3 cm³/mol. The van der Waals surface area contributed by atoms with Gasteiger partial charge in [0.05, 0.1) is 10.2 Å². The number of anilines is 1. The average molecular weight is 296 g/mol. The molecule has 19 heavy (non-hydrogen) atoms. The number of rotatable bonds is 2. The molecule has 0 amide bonds. The molecule has 2 atom stereocenters. The molecule has 3 nitrogen and oxygen atoms in total. The van der Waals surface area contributed by atoms with Gasteiger partial charge in [-0.1, -0.05) is 29.9 Å². The van der Waals surface area contributed by atoms with Crippen LogP contribution in [-0.4, -0.2) is 36.1 Å². The molecule has 1 saturated heterocycles. The van der Waals surface area contributed by atoms with Crippen molar-refractivity contribution in [1.29, 1.82) is 0 Å². The van der Waals surface area contributed by atoms with E-state index in [-0.39, 0.29) is 0 Å². The van der Waals surface area contributed by atoms with E-state index in [1.54, 1.807) is 11.3 Å². The van der Waals surface area contributed by atoms with Crippen LogP contribution >= 0.6 is 22.9 Å². The maximum absolute atomic E-state index is 6.00. The lowest BCUT2D eigenvalue weighted by molar-refractivity contribution is 0.206. The normalized spacial score (nSPS) is 24.8. The zero-order chi connectivity index (χ0) is 13.4. The van der Waals surface area contributed by atoms with Crippen molar-refractivity contribution in [2.45, 2.75) is 19.4 Å². The highest BCUT2D eigenvalue weighted by atomic mass is 35.5. The molecule has 1 aromatic carbocycles. The lowest BCUT2D eigenvalue weighted by Gasteiger charge is -2.35. The predicted octanol–water partition coefficient (Wildman–Crippen LogP) is 3.70. The number of halogens is 1. The Morgan fingerprint density at radius 3 is 3.11 bits per heavy atom. The van der Waals surface area contributed by atoms with Crippen molar-refractivity contribution >= 4 is 38.3 Å². The van der Waals surface area contributed by atoms with E-state index in [9.17, 15) is 0 Å². The minimum Gasteiger partial charge on any atom is -0.358 e. The van der Waals surface area contributed by atoms with Gasteiger partial charge in [0.2, 0.25) is 0 Å². The first-order chi connectivity index (χ1) is 9.11. The molecule has 0 radical (unpaired) electrons. The van der Waals surface area contributed by atoms with Crippen LogP contribution in [0.4, 0.5) is 5.13 Å². The summed E-state index contributed by atoms with van der Waals surface area (Å²) in [6.07, 6.45) is 1.17. The number of piperidine rings is 1. The highest BCUT2D eigenvalue weighted by molar-refractivity contribution is 7.22. The van der Waals surface area contributed by atoms with Crippen LogP contribution in [0.2, 0.25) is 5.02 Å². The summed E-state index contributed by atoms with van der Waals surface area (Å²) in [7, 11) is 2.19. The smallest absolute Gasteiger partial charge is 0.184 e. The Bertz CT molecular complexity index is 583. The molecule has 102 valence electrons. The molecule has 2 unspecified atom stereocenters. The molecular weight excluding hydrogens is 278 g/mol. The number of nitrogens with zero attached hydrogens (tertiary/aromatic N) is 2. The third-order valence-corrected chi connectivity index (χ3v) is 4.97. The van der Waals surface area contributed by atoms with Gasteiger partial charge in [-0.25, -0.2) is 4.98 Å². The van der Waals surface area contributed by atoms with Crippen molar-refractivity contribution in [3.05, 3.63) is 23.2 Å². The first-order valence-corrected chi connectivity index (χ1v) is 7.82. The summed E-state index contributed by atoms with van der Waals surface area (Å²) >= 11 is 7.71. The molecule has 1 N–H and O–H groups in total. The van der Waals surface area contributed by atoms with Gasteiger partial charge in [-0.3, -0.25) is 0 Å². The number of aromatic nitrogens is 1. The third-order valence-electron chi connectivity index (χ3n) is 3.77. The van der Waals surface area contributed by atoms with Crippen LogP contribution in [0.15, 0.2) is 18.2 Å².